The monoisotopic (exact) mass is 338 g/mol. The topological polar surface area (TPSA) is 17.3 Å². The van der Waals surface area contributed by atoms with Crippen molar-refractivity contribution in [1.29, 1.82) is 0 Å². The van der Waals surface area contributed by atoms with Crippen molar-refractivity contribution in [3.8, 4) is 0 Å². The highest BCUT2D eigenvalue weighted by Gasteiger charge is 2.24. The van der Waals surface area contributed by atoms with Gasteiger partial charge < -0.3 is 4.57 Å². The molecule has 1 heterocycles. The predicted octanol–water partition coefficient (Wildman–Crippen LogP) is 5.63. The maximum absolute atomic E-state index is 13.6. The van der Waals surface area contributed by atoms with Gasteiger partial charge in [0.05, 0.1) is 10.7 Å². The molecule has 1 aliphatic carbocycles. The smallest absolute Gasteiger partial charge is 0.190 e. The SMILES string of the molecule is Cc1csc(=Nc2ccc(Cl)c(F)c2)n1C1CCCCC1C. The molecule has 0 aliphatic heterocycles. The predicted molar refractivity (Wildman–Crippen MR) is 90.3 cm³/mol. The highest BCUT2D eigenvalue weighted by atomic mass is 35.5. The number of aryl methyl sites for hydroxylation is 1. The van der Waals surface area contributed by atoms with Crippen LogP contribution in [0.5, 0.6) is 0 Å². The number of hydrogen-bond donors (Lipinski definition) is 0. The molecule has 0 bridgehead atoms. The lowest BCUT2D eigenvalue weighted by Crippen LogP contribution is -2.29. The Kier molecular flexibility index (Phi) is 4.69. The Bertz CT molecular complexity index is 735. The molecule has 1 aromatic heterocycles. The maximum atomic E-state index is 13.6. The number of rotatable bonds is 2. The molecule has 1 saturated carbocycles. The minimum Gasteiger partial charge on any atom is -0.318 e. The first-order chi connectivity index (χ1) is 10.6. The van der Waals surface area contributed by atoms with Gasteiger partial charge in [0, 0.05) is 23.2 Å². The van der Waals surface area contributed by atoms with Crippen molar-refractivity contribution in [3.63, 3.8) is 0 Å². The first-order valence-electron chi connectivity index (χ1n) is 7.72. The fourth-order valence-corrected chi connectivity index (χ4v) is 4.29. The van der Waals surface area contributed by atoms with Crippen LogP contribution in [0.15, 0.2) is 28.6 Å². The Morgan fingerprint density at radius 3 is 2.82 bits per heavy atom. The zero-order chi connectivity index (χ0) is 15.7. The van der Waals surface area contributed by atoms with Gasteiger partial charge in [-0.2, -0.15) is 0 Å². The molecule has 0 spiro atoms. The molecule has 2 nitrogen and oxygen atoms in total. The van der Waals surface area contributed by atoms with E-state index in [-0.39, 0.29) is 5.02 Å². The van der Waals surface area contributed by atoms with E-state index in [9.17, 15) is 4.39 Å². The second-order valence-corrected chi connectivity index (χ2v) is 7.31. The lowest BCUT2D eigenvalue weighted by atomic mass is 9.85. The van der Waals surface area contributed by atoms with Gasteiger partial charge >= 0.3 is 0 Å². The standard InChI is InChI=1S/C17H20ClFN2S/c1-11-5-3-4-6-16(11)21-12(2)10-22-17(21)20-13-7-8-14(18)15(19)9-13/h7-11,16H,3-6H2,1-2H3. The number of thiazole rings is 1. The normalized spacial score (nSPS) is 23.0. The van der Waals surface area contributed by atoms with Crippen molar-refractivity contribution in [2.45, 2.75) is 45.6 Å². The summed E-state index contributed by atoms with van der Waals surface area (Å²) < 4.78 is 15.9. The summed E-state index contributed by atoms with van der Waals surface area (Å²) in [7, 11) is 0. The highest BCUT2D eigenvalue weighted by Crippen LogP contribution is 2.34. The van der Waals surface area contributed by atoms with Crippen molar-refractivity contribution in [3.05, 3.63) is 44.9 Å². The fraction of sp³-hybridized carbons (Fsp3) is 0.471. The van der Waals surface area contributed by atoms with Crippen LogP contribution in [0.3, 0.4) is 0 Å². The van der Waals surface area contributed by atoms with Gasteiger partial charge in [-0.05, 0) is 37.8 Å². The van der Waals surface area contributed by atoms with Crippen molar-refractivity contribution >= 4 is 28.6 Å². The summed E-state index contributed by atoms with van der Waals surface area (Å²) in [6.07, 6.45) is 5.05. The first-order valence-corrected chi connectivity index (χ1v) is 8.98. The molecule has 1 aliphatic rings. The van der Waals surface area contributed by atoms with Crippen molar-refractivity contribution in [1.82, 2.24) is 4.57 Å². The number of aromatic nitrogens is 1. The van der Waals surface area contributed by atoms with Crippen LogP contribution in [0.1, 0.15) is 44.3 Å². The minimum atomic E-state index is -0.422. The van der Waals surface area contributed by atoms with Crippen LogP contribution < -0.4 is 4.80 Å². The third-order valence-corrected chi connectivity index (χ3v) is 5.71. The Hall–Kier alpha value is -1.13. The van der Waals surface area contributed by atoms with Crippen molar-refractivity contribution in [2.24, 2.45) is 10.9 Å². The molecule has 22 heavy (non-hydrogen) atoms. The lowest BCUT2D eigenvalue weighted by molar-refractivity contribution is 0.251. The summed E-state index contributed by atoms with van der Waals surface area (Å²) >= 11 is 7.36. The molecule has 5 heteroatoms. The molecule has 0 saturated heterocycles. The zero-order valence-electron chi connectivity index (χ0n) is 12.9. The molecule has 0 N–H and O–H groups in total. The van der Waals surface area contributed by atoms with E-state index in [0.29, 0.717) is 17.6 Å². The average molecular weight is 339 g/mol. The van der Waals surface area contributed by atoms with E-state index in [1.807, 2.05) is 0 Å². The lowest BCUT2D eigenvalue weighted by Gasteiger charge is -2.30. The molecule has 0 radical (unpaired) electrons. The Morgan fingerprint density at radius 1 is 1.32 bits per heavy atom. The number of halogens is 2. The van der Waals surface area contributed by atoms with Gasteiger partial charge in [0.2, 0.25) is 0 Å². The van der Waals surface area contributed by atoms with Gasteiger partial charge in [0.1, 0.15) is 5.82 Å². The molecule has 2 unspecified atom stereocenters. The molecule has 2 aromatic rings. The molecule has 1 fully saturated rings. The molecule has 3 rings (SSSR count). The van der Waals surface area contributed by atoms with Crippen molar-refractivity contribution in [2.75, 3.05) is 0 Å². The molecule has 0 amide bonds. The number of hydrogen-bond acceptors (Lipinski definition) is 2. The molecular formula is C17H20ClFN2S. The molecule has 2 atom stereocenters. The summed E-state index contributed by atoms with van der Waals surface area (Å²) in [6.45, 7) is 4.44. The zero-order valence-corrected chi connectivity index (χ0v) is 14.4. The molecular weight excluding hydrogens is 319 g/mol. The third kappa shape index (κ3) is 3.13. The second kappa shape index (κ2) is 6.55. The molecule has 1 aromatic carbocycles. The van der Waals surface area contributed by atoms with Gasteiger partial charge in [-0.1, -0.05) is 31.4 Å². The Balaban J connectivity index is 2.04. The second-order valence-electron chi connectivity index (χ2n) is 6.07. The summed E-state index contributed by atoms with van der Waals surface area (Å²) in [4.78, 5) is 5.60. The van der Waals surface area contributed by atoms with E-state index in [1.54, 1.807) is 23.5 Å². The minimum absolute atomic E-state index is 0.134. The van der Waals surface area contributed by atoms with Gasteiger partial charge in [-0.3, -0.25) is 0 Å². The van der Waals surface area contributed by atoms with E-state index >= 15 is 0 Å². The van der Waals surface area contributed by atoms with Gasteiger partial charge in [-0.25, -0.2) is 9.38 Å². The maximum Gasteiger partial charge on any atom is 0.190 e. The van der Waals surface area contributed by atoms with E-state index in [4.69, 9.17) is 11.6 Å². The largest absolute Gasteiger partial charge is 0.318 e. The van der Waals surface area contributed by atoms with Crippen LogP contribution in [0.25, 0.3) is 0 Å². The first kappa shape index (κ1) is 15.8. The number of nitrogens with zero attached hydrogens (tertiary/aromatic N) is 2. The van der Waals surface area contributed by atoms with Gasteiger partial charge in [0.25, 0.3) is 0 Å². The summed E-state index contributed by atoms with van der Waals surface area (Å²) in [5, 5.41) is 2.27. The molecule has 118 valence electrons. The Morgan fingerprint density at radius 2 is 2.09 bits per heavy atom. The average Bonchev–Trinajstić information content (AvgIpc) is 2.84. The van der Waals surface area contributed by atoms with Crippen LogP contribution in [0.2, 0.25) is 5.02 Å². The van der Waals surface area contributed by atoms with Gasteiger partial charge in [0.15, 0.2) is 4.80 Å². The van der Waals surface area contributed by atoms with Crippen LogP contribution in [0.4, 0.5) is 10.1 Å². The summed E-state index contributed by atoms with van der Waals surface area (Å²) in [5.74, 6) is 0.233. The van der Waals surface area contributed by atoms with Crippen molar-refractivity contribution < 1.29 is 4.39 Å². The Labute approximate surface area is 139 Å². The van der Waals surface area contributed by atoms with E-state index in [0.717, 1.165) is 4.80 Å². The fourth-order valence-electron chi connectivity index (χ4n) is 3.23. The van der Waals surface area contributed by atoms with Gasteiger partial charge in [-0.15, -0.1) is 11.3 Å². The van der Waals surface area contributed by atoms with E-state index in [1.165, 1.54) is 37.4 Å². The highest BCUT2D eigenvalue weighted by molar-refractivity contribution is 7.07. The van der Waals surface area contributed by atoms with E-state index < -0.39 is 5.82 Å². The number of benzene rings is 1. The summed E-state index contributed by atoms with van der Waals surface area (Å²) in [5.41, 5.74) is 1.85. The van der Waals surface area contributed by atoms with Crippen LogP contribution in [-0.4, -0.2) is 4.57 Å². The summed E-state index contributed by atoms with van der Waals surface area (Å²) in [6, 6.07) is 5.21. The third-order valence-electron chi connectivity index (χ3n) is 4.45. The van der Waals surface area contributed by atoms with E-state index in [2.05, 4.69) is 28.8 Å². The van der Waals surface area contributed by atoms with Crippen LogP contribution in [-0.2, 0) is 0 Å². The van der Waals surface area contributed by atoms with Crippen LogP contribution in [0, 0.1) is 18.7 Å². The quantitative estimate of drug-likeness (QED) is 0.674. The van der Waals surface area contributed by atoms with Crippen LogP contribution >= 0.6 is 22.9 Å².